The van der Waals surface area contributed by atoms with Crippen LogP contribution in [0.25, 0.3) is 0 Å². The topological polar surface area (TPSA) is 42.1 Å². The normalized spacial score (nSPS) is 21.3. The first-order valence-corrected chi connectivity index (χ1v) is 7.06. The molecule has 1 aromatic heterocycles. The minimum Gasteiger partial charge on any atom is -0.356 e. The fraction of sp³-hybridized carbons (Fsp3) is 0.667. The molecule has 3 heteroatoms. The second-order valence-electron chi connectivity index (χ2n) is 5.70. The van der Waals surface area contributed by atoms with E-state index in [1.54, 1.807) is 0 Å². The van der Waals surface area contributed by atoms with Gasteiger partial charge in [0.25, 0.3) is 0 Å². The summed E-state index contributed by atoms with van der Waals surface area (Å²) in [6, 6.07) is 2.50. The molecule has 18 heavy (non-hydrogen) atoms. The predicted octanol–water partition coefficient (Wildman–Crippen LogP) is 2.52. The van der Waals surface area contributed by atoms with E-state index in [4.69, 9.17) is 5.73 Å². The Morgan fingerprint density at radius 3 is 2.89 bits per heavy atom. The summed E-state index contributed by atoms with van der Waals surface area (Å²) in [6.45, 7) is 8.88. The molecule has 1 aliphatic heterocycles. The molecule has 100 valence electrons. The first-order valence-electron chi connectivity index (χ1n) is 7.06. The number of aromatic nitrogens is 1. The molecule has 2 heterocycles. The van der Waals surface area contributed by atoms with Crippen LogP contribution < -0.4 is 10.6 Å². The molecule has 1 fully saturated rings. The molecule has 1 saturated heterocycles. The van der Waals surface area contributed by atoms with Gasteiger partial charge in [-0.3, -0.25) is 0 Å². The molecule has 0 bridgehead atoms. The first-order chi connectivity index (χ1) is 8.60. The molecular formula is C15H25N3. The van der Waals surface area contributed by atoms with Gasteiger partial charge in [-0.2, -0.15) is 0 Å². The molecule has 0 spiro atoms. The smallest absolute Gasteiger partial charge is 0.131 e. The highest BCUT2D eigenvalue weighted by Crippen LogP contribution is 2.25. The van der Waals surface area contributed by atoms with Gasteiger partial charge in [-0.15, -0.1) is 0 Å². The third kappa shape index (κ3) is 3.02. The van der Waals surface area contributed by atoms with Gasteiger partial charge in [-0.05, 0) is 43.2 Å². The van der Waals surface area contributed by atoms with E-state index in [0.29, 0.717) is 0 Å². The summed E-state index contributed by atoms with van der Waals surface area (Å²) in [4.78, 5) is 7.06. The molecule has 0 amide bonds. The van der Waals surface area contributed by atoms with Gasteiger partial charge < -0.3 is 10.6 Å². The summed E-state index contributed by atoms with van der Waals surface area (Å²) in [5.41, 5.74) is 8.54. The Morgan fingerprint density at radius 2 is 2.33 bits per heavy atom. The van der Waals surface area contributed by atoms with Gasteiger partial charge in [0.1, 0.15) is 5.82 Å². The Hall–Kier alpha value is -1.09. The molecule has 2 rings (SSSR count). The van der Waals surface area contributed by atoms with Crippen molar-refractivity contribution in [2.24, 2.45) is 11.7 Å². The maximum atomic E-state index is 6.00. The highest BCUT2D eigenvalue weighted by Gasteiger charge is 2.21. The molecule has 0 aromatic carbocycles. The highest BCUT2D eigenvalue weighted by atomic mass is 15.2. The fourth-order valence-corrected chi connectivity index (χ4v) is 2.64. The van der Waals surface area contributed by atoms with Crippen LogP contribution in [0.5, 0.6) is 0 Å². The van der Waals surface area contributed by atoms with Crippen molar-refractivity contribution in [1.29, 1.82) is 0 Å². The minimum absolute atomic E-state index is 0.254. The van der Waals surface area contributed by atoms with Crippen LogP contribution in [0, 0.1) is 12.8 Å². The summed E-state index contributed by atoms with van der Waals surface area (Å²) >= 11 is 0. The van der Waals surface area contributed by atoms with Gasteiger partial charge in [-0.1, -0.05) is 19.9 Å². The average molecular weight is 247 g/mol. The van der Waals surface area contributed by atoms with Crippen LogP contribution in [-0.4, -0.2) is 24.1 Å². The van der Waals surface area contributed by atoms with Crippen LogP contribution >= 0.6 is 0 Å². The summed E-state index contributed by atoms with van der Waals surface area (Å²) < 4.78 is 0. The van der Waals surface area contributed by atoms with Crippen LogP contribution in [0.15, 0.2) is 12.3 Å². The molecule has 0 radical (unpaired) electrons. The van der Waals surface area contributed by atoms with Gasteiger partial charge in [0.2, 0.25) is 0 Å². The van der Waals surface area contributed by atoms with Crippen molar-refractivity contribution < 1.29 is 0 Å². The molecule has 0 aliphatic carbocycles. The Bertz CT molecular complexity index is 403. The van der Waals surface area contributed by atoms with Gasteiger partial charge in [0, 0.05) is 25.3 Å². The van der Waals surface area contributed by atoms with Gasteiger partial charge in [0.05, 0.1) is 0 Å². The zero-order chi connectivity index (χ0) is 13.1. The van der Waals surface area contributed by atoms with Crippen molar-refractivity contribution in [2.75, 3.05) is 18.0 Å². The molecule has 2 atom stereocenters. The molecule has 3 nitrogen and oxygen atoms in total. The van der Waals surface area contributed by atoms with Crippen molar-refractivity contribution in [2.45, 2.75) is 46.1 Å². The van der Waals surface area contributed by atoms with Crippen LogP contribution in [-0.2, 0) is 6.42 Å². The first kappa shape index (κ1) is 13.3. The maximum Gasteiger partial charge on any atom is 0.131 e. The number of pyridine rings is 1. The molecule has 1 aromatic rings. The predicted molar refractivity (Wildman–Crippen MR) is 76.9 cm³/mol. The lowest BCUT2D eigenvalue weighted by molar-refractivity contribution is 0.644. The van der Waals surface area contributed by atoms with Crippen LogP contribution in [0.4, 0.5) is 5.82 Å². The van der Waals surface area contributed by atoms with E-state index in [2.05, 4.69) is 36.7 Å². The van der Waals surface area contributed by atoms with E-state index in [0.717, 1.165) is 37.7 Å². The Labute approximate surface area is 110 Å². The molecule has 2 unspecified atom stereocenters. The molecule has 1 aliphatic rings. The largest absolute Gasteiger partial charge is 0.356 e. The number of rotatable bonds is 4. The second-order valence-corrected chi connectivity index (χ2v) is 5.70. The Morgan fingerprint density at radius 1 is 1.56 bits per heavy atom. The lowest BCUT2D eigenvalue weighted by Crippen LogP contribution is -2.23. The average Bonchev–Trinajstić information content (AvgIpc) is 2.75. The zero-order valence-corrected chi connectivity index (χ0v) is 11.8. The van der Waals surface area contributed by atoms with Crippen molar-refractivity contribution in [3.8, 4) is 0 Å². The van der Waals surface area contributed by atoms with E-state index in [9.17, 15) is 0 Å². The van der Waals surface area contributed by atoms with Gasteiger partial charge in [-0.25, -0.2) is 4.98 Å². The summed E-state index contributed by atoms with van der Waals surface area (Å²) in [5.74, 6) is 1.95. The Kier molecular flexibility index (Phi) is 4.23. The zero-order valence-electron chi connectivity index (χ0n) is 11.8. The standard InChI is InChI=1S/C15H25N3/c1-4-14(16)8-13-7-12(3)15(17-9-13)18-6-5-11(2)10-18/h7,9,11,14H,4-6,8,10,16H2,1-3H3. The number of nitrogens with two attached hydrogens (primary N) is 1. The third-order valence-electron chi connectivity index (χ3n) is 3.85. The number of hydrogen-bond donors (Lipinski definition) is 1. The van der Waals surface area contributed by atoms with Gasteiger partial charge in [0.15, 0.2) is 0 Å². The fourth-order valence-electron chi connectivity index (χ4n) is 2.64. The van der Waals surface area contributed by atoms with E-state index in [1.165, 1.54) is 17.5 Å². The lowest BCUT2D eigenvalue weighted by atomic mass is 10.0. The quantitative estimate of drug-likeness (QED) is 0.889. The van der Waals surface area contributed by atoms with Crippen molar-refractivity contribution in [3.05, 3.63) is 23.4 Å². The molecule has 2 N–H and O–H groups in total. The van der Waals surface area contributed by atoms with Crippen LogP contribution in [0.3, 0.4) is 0 Å². The number of hydrogen-bond acceptors (Lipinski definition) is 3. The summed E-state index contributed by atoms with van der Waals surface area (Å²) in [7, 11) is 0. The summed E-state index contributed by atoms with van der Waals surface area (Å²) in [5, 5.41) is 0. The molecule has 0 saturated carbocycles. The highest BCUT2D eigenvalue weighted by molar-refractivity contribution is 5.48. The monoisotopic (exact) mass is 247 g/mol. The second kappa shape index (κ2) is 5.70. The van der Waals surface area contributed by atoms with E-state index < -0.39 is 0 Å². The van der Waals surface area contributed by atoms with Crippen LogP contribution in [0.2, 0.25) is 0 Å². The molecular weight excluding hydrogens is 222 g/mol. The van der Waals surface area contributed by atoms with Crippen LogP contribution in [0.1, 0.15) is 37.8 Å². The number of anilines is 1. The van der Waals surface area contributed by atoms with Crippen molar-refractivity contribution >= 4 is 5.82 Å². The van der Waals surface area contributed by atoms with E-state index in [1.807, 2.05) is 6.20 Å². The Balaban J connectivity index is 2.10. The van der Waals surface area contributed by atoms with E-state index >= 15 is 0 Å². The van der Waals surface area contributed by atoms with Crippen molar-refractivity contribution in [1.82, 2.24) is 4.98 Å². The SMILES string of the molecule is CCC(N)Cc1cnc(N2CCC(C)C2)c(C)c1. The van der Waals surface area contributed by atoms with Crippen molar-refractivity contribution in [3.63, 3.8) is 0 Å². The van der Waals surface area contributed by atoms with Gasteiger partial charge >= 0.3 is 0 Å². The third-order valence-corrected chi connectivity index (χ3v) is 3.85. The number of aryl methyl sites for hydroxylation is 1. The number of nitrogens with zero attached hydrogens (tertiary/aromatic N) is 2. The maximum absolute atomic E-state index is 6.00. The van der Waals surface area contributed by atoms with E-state index in [-0.39, 0.29) is 6.04 Å². The summed E-state index contributed by atoms with van der Waals surface area (Å²) in [6.07, 6.45) is 5.23. The minimum atomic E-state index is 0.254. The lowest BCUT2D eigenvalue weighted by Gasteiger charge is -2.20.